The third-order valence-corrected chi connectivity index (χ3v) is 7.66. The molecule has 0 heterocycles. The third kappa shape index (κ3) is 9.17. The predicted molar refractivity (Wildman–Crippen MR) is 144 cm³/mol. The van der Waals surface area contributed by atoms with Crippen LogP contribution in [0, 0.1) is 6.92 Å². The second-order valence-electron chi connectivity index (χ2n) is 7.59. The standard InChI is InChI=1S/C18H15P.C10H14.2ClH.Ru/c1-4-10-16(11-5-1)19(17-12-6-2-7-13-17)18-14-8-3-9-15-18;1-8(2)10-6-4-9(3)5-7-10;;;/h1-15H;4-8H,1-3H3;2*1H;/q;;;;+2/p-1. The Balaban J connectivity index is 0.000000235. The molecule has 4 heteroatoms. The van der Waals surface area contributed by atoms with Gasteiger partial charge in [-0.2, -0.15) is 0 Å². The van der Waals surface area contributed by atoms with Gasteiger partial charge in [0.25, 0.3) is 0 Å². The van der Waals surface area contributed by atoms with Crippen LogP contribution in [0.3, 0.4) is 0 Å². The van der Waals surface area contributed by atoms with Gasteiger partial charge in [-0.25, -0.2) is 0 Å². The zero-order valence-corrected chi connectivity index (χ0v) is 22.9. The first-order valence-electron chi connectivity index (χ1n) is 10.5. The summed E-state index contributed by atoms with van der Waals surface area (Å²) in [5.41, 5.74) is 2.76. The second-order valence-corrected chi connectivity index (χ2v) is 12.7. The maximum absolute atomic E-state index is 4.85. The molecule has 4 aromatic rings. The minimum absolute atomic E-state index is 0.346. The van der Waals surface area contributed by atoms with E-state index in [1.54, 1.807) is 0 Å². The molecule has 0 aromatic heterocycles. The van der Waals surface area contributed by atoms with E-state index in [9.17, 15) is 0 Å². The molecule has 4 aromatic carbocycles. The topological polar surface area (TPSA) is 0 Å². The number of hydrogen-bond donors (Lipinski definition) is 0. The zero-order valence-electron chi connectivity index (χ0n) is 18.7. The molecule has 0 saturated heterocycles. The van der Waals surface area contributed by atoms with E-state index in [1.165, 1.54) is 27.0 Å². The van der Waals surface area contributed by atoms with Gasteiger partial charge in [0.2, 0.25) is 0 Å². The fraction of sp³-hybridized carbons (Fsp3) is 0.143. The summed E-state index contributed by atoms with van der Waals surface area (Å²) in [7, 11) is 8.83. The zero-order chi connectivity index (χ0) is 23.2. The Morgan fingerprint density at radius 2 is 0.875 bits per heavy atom. The van der Waals surface area contributed by atoms with Crippen LogP contribution in [0.5, 0.6) is 0 Å². The van der Waals surface area contributed by atoms with E-state index in [1.807, 2.05) is 0 Å². The molecule has 168 valence electrons. The molecule has 0 spiro atoms. The molecule has 0 N–H and O–H groups in total. The minimum atomic E-state index is -0.877. The fourth-order valence-corrected chi connectivity index (χ4v) is 5.84. The molecule has 4 rings (SSSR count). The van der Waals surface area contributed by atoms with Gasteiger partial charge in [-0.3, -0.25) is 0 Å². The van der Waals surface area contributed by atoms with E-state index in [0.29, 0.717) is 5.92 Å². The van der Waals surface area contributed by atoms with Gasteiger partial charge in [-0.1, -0.05) is 98.3 Å². The normalized spacial score (nSPS) is 10.2. The number of rotatable bonds is 4. The predicted octanol–water partition coefficient (Wildman–Crippen LogP) is 7.67. The number of aryl methyl sites for hydroxylation is 1. The summed E-state index contributed by atoms with van der Waals surface area (Å²) in [4.78, 5) is 0. The van der Waals surface area contributed by atoms with Crippen molar-refractivity contribution in [2.24, 2.45) is 0 Å². The van der Waals surface area contributed by atoms with Crippen LogP contribution in [-0.4, -0.2) is 0 Å². The van der Waals surface area contributed by atoms with Crippen LogP contribution in [0.1, 0.15) is 30.9 Å². The van der Waals surface area contributed by atoms with Crippen molar-refractivity contribution in [2.45, 2.75) is 26.7 Å². The molecule has 0 aliphatic rings. The Morgan fingerprint density at radius 3 is 1.16 bits per heavy atom. The average Bonchev–Trinajstić information content (AvgIpc) is 2.83. The SMILES string of the molecule is Cc1ccc(C(C)C)cc1.[Cl][Ru][Cl].c1ccc([PH+](c2ccccc2)c2ccccc2)cc1. The van der Waals surface area contributed by atoms with Crippen LogP contribution in [0.4, 0.5) is 0 Å². The molecule has 32 heavy (non-hydrogen) atoms. The van der Waals surface area contributed by atoms with E-state index in [0.717, 1.165) is 0 Å². The average molecular weight is 569 g/mol. The van der Waals surface area contributed by atoms with Gasteiger partial charge >= 0.3 is 34.5 Å². The van der Waals surface area contributed by atoms with Crippen LogP contribution in [0.25, 0.3) is 0 Å². The van der Waals surface area contributed by atoms with E-state index < -0.39 is 7.92 Å². The number of halogens is 2. The van der Waals surface area contributed by atoms with Gasteiger partial charge in [0.15, 0.2) is 0 Å². The van der Waals surface area contributed by atoms with Crippen molar-refractivity contribution in [3.8, 4) is 0 Å². The van der Waals surface area contributed by atoms with Crippen molar-refractivity contribution in [3.63, 3.8) is 0 Å². The van der Waals surface area contributed by atoms with Crippen molar-refractivity contribution < 1.29 is 15.1 Å². The van der Waals surface area contributed by atoms with Crippen LogP contribution < -0.4 is 15.9 Å². The van der Waals surface area contributed by atoms with Crippen LogP contribution in [0.2, 0.25) is 0 Å². The van der Waals surface area contributed by atoms with Gasteiger partial charge < -0.3 is 0 Å². The summed E-state index contributed by atoms with van der Waals surface area (Å²) in [6.07, 6.45) is 0. The Labute approximate surface area is 210 Å². The number of benzene rings is 4. The molecule has 0 aliphatic heterocycles. The van der Waals surface area contributed by atoms with Crippen LogP contribution in [-0.2, 0) is 15.1 Å². The van der Waals surface area contributed by atoms with Crippen molar-refractivity contribution in [3.05, 3.63) is 126 Å². The maximum Gasteiger partial charge on any atom is 0.102 e. The molecule has 0 unspecified atom stereocenters. The van der Waals surface area contributed by atoms with Crippen molar-refractivity contribution in [1.82, 2.24) is 0 Å². The smallest absolute Gasteiger partial charge is 0.0620 e. The van der Waals surface area contributed by atoms with E-state index in [4.69, 9.17) is 19.4 Å². The first-order chi connectivity index (χ1) is 15.6. The molecule has 0 aliphatic carbocycles. The summed E-state index contributed by atoms with van der Waals surface area (Å²) in [6.45, 7) is 6.54. The quantitative estimate of drug-likeness (QED) is 0.175. The molecule has 0 bridgehead atoms. The fourth-order valence-electron chi connectivity index (χ4n) is 3.27. The number of hydrogen-bond acceptors (Lipinski definition) is 0. The Kier molecular flexibility index (Phi) is 12.9. The first-order valence-corrected chi connectivity index (χ1v) is 16.5. The van der Waals surface area contributed by atoms with Gasteiger partial charge in [-0.15, -0.1) is 0 Å². The van der Waals surface area contributed by atoms with Crippen LogP contribution in [0.15, 0.2) is 115 Å². The molecule has 0 saturated carbocycles. The largest absolute Gasteiger partial charge is 0.102 e. The second kappa shape index (κ2) is 15.4. The van der Waals surface area contributed by atoms with E-state index in [2.05, 4.69) is 136 Å². The summed E-state index contributed by atoms with van der Waals surface area (Å²) >= 11 is -0.346. The van der Waals surface area contributed by atoms with E-state index >= 15 is 0 Å². The maximum atomic E-state index is 4.85. The molecular formula is C28H30Cl2PRu+. The van der Waals surface area contributed by atoms with Gasteiger partial charge in [0, 0.05) is 0 Å². The van der Waals surface area contributed by atoms with Crippen molar-refractivity contribution in [1.29, 1.82) is 0 Å². The Morgan fingerprint density at radius 1 is 0.562 bits per heavy atom. The molecule has 0 atom stereocenters. The Bertz CT molecular complexity index is 898. The molecule has 0 amide bonds. The first kappa shape index (κ1) is 26.8. The summed E-state index contributed by atoms with van der Waals surface area (Å²) < 4.78 is 0. The van der Waals surface area contributed by atoms with E-state index in [-0.39, 0.29) is 15.1 Å². The van der Waals surface area contributed by atoms with Crippen molar-refractivity contribution >= 4 is 43.2 Å². The molecule has 0 radical (unpaired) electrons. The minimum Gasteiger partial charge on any atom is -0.0620 e. The van der Waals surface area contributed by atoms with Gasteiger partial charge in [-0.05, 0) is 54.8 Å². The molecule has 0 fully saturated rings. The van der Waals surface area contributed by atoms with Crippen molar-refractivity contribution in [2.75, 3.05) is 0 Å². The monoisotopic (exact) mass is 569 g/mol. The molecule has 0 nitrogen and oxygen atoms in total. The Hall–Kier alpha value is -1.49. The molecular weight excluding hydrogens is 539 g/mol. The summed E-state index contributed by atoms with van der Waals surface area (Å²) in [6, 6.07) is 41.2. The summed E-state index contributed by atoms with van der Waals surface area (Å²) in [5.74, 6) is 0.653. The van der Waals surface area contributed by atoms with Crippen LogP contribution >= 0.6 is 27.3 Å². The van der Waals surface area contributed by atoms with Gasteiger partial charge in [0.1, 0.15) is 15.9 Å². The third-order valence-electron chi connectivity index (χ3n) is 4.93. The van der Waals surface area contributed by atoms with Gasteiger partial charge in [0.05, 0.1) is 7.92 Å². The summed E-state index contributed by atoms with van der Waals surface area (Å²) in [5, 5.41) is 4.31.